The lowest BCUT2D eigenvalue weighted by molar-refractivity contribution is 0.270. The minimum absolute atomic E-state index is 0.576. The maximum atomic E-state index is 4.86. The molecule has 0 bridgehead atoms. The summed E-state index contributed by atoms with van der Waals surface area (Å²) in [4.78, 5) is 14.5. The highest BCUT2D eigenvalue weighted by Gasteiger charge is 2.18. The van der Waals surface area contributed by atoms with Gasteiger partial charge in [-0.2, -0.15) is 0 Å². The number of piperazine rings is 1. The van der Waals surface area contributed by atoms with Gasteiger partial charge >= 0.3 is 0 Å². The van der Waals surface area contributed by atoms with Crippen LogP contribution in [0.1, 0.15) is 20.8 Å². The molecule has 134 valence electrons. The van der Waals surface area contributed by atoms with E-state index in [1.54, 1.807) is 0 Å². The van der Waals surface area contributed by atoms with Crippen LogP contribution in [-0.2, 0) is 0 Å². The Kier molecular flexibility index (Phi) is 5.87. The van der Waals surface area contributed by atoms with Gasteiger partial charge < -0.3 is 15.1 Å². The lowest BCUT2D eigenvalue weighted by Gasteiger charge is -2.35. The topological polar surface area (TPSA) is 44.3 Å². The van der Waals surface area contributed by atoms with E-state index in [-0.39, 0.29) is 0 Å². The predicted octanol–water partition coefficient (Wildman–Crippen LogP) is 3.35. The van der Waals surface area contributed by atoms with Crippen molar-refractivity contribution in [1.82, 2.24) is 14.9 Å². The van der Waals surface area contributed by atoms with Crippen LogP contribution in [0.3, 0.4) is 0 Å². The third-order valence-electron chi connectivity index (χ3n) is 4.58. The van der Waals surface area contributed by atoms with Crippen molar-refractivity contribution in [3.63, 3.8) is 0 Å². The van der Waals surface area contributed by atoms with Gasteiger partial charge in [-0.25, -0.2) is 9.97 Å². The Morgan fingerprint density at radius 3 is 2.40 bits per heavy atom. The Balaban J connectivity index is 1.87. The first-order valence-corrected chi connectivity index (χ1v) is 9.31. The highest BCUT2D eigenvalue weighted by molar-refractivity contribution is 5.61. The van der Waals surface area contributed by atoms with Crippen LogP contribution >= 0.6 is 0 Å². The second-order valence-corrected chi connectivity index (χ2v) is 7.00. The van der Waals surface area contributed by atoms with Crippen molar-refractivity contribution in [2.45, 2.75) is 20.8 Å². The first-order chi connectivity index (χ1) is 12.2. The lowest BCUT2D eigenvalue weighted by atomic mass is 10.2. The average Bonchev–Trinajstić information content (AvgIpc) is 2.67. The van der Waals surface area contributed by atoms with Crippen molar-refractivity contribution in [3.05, 3.63) is 36.4 Å². The molecule has 0 radical (unpaired) electrons. The van der Waals surface area contributed by atoms with Crippen molar-refractivity contribution < 1.29 is 0 Å². The first kappa shape index (κ1) is 17.7. The Labute approximate surface area is 151 Å². The van der Waals surface area contributed by atoms with E-state index in [2.05, 4.69) is 54.1 Å². The maximum Gasteiger partial charge on any atom is 0.163 e. The van der Waals surface area contributed by atoms with E-state index in [0.717, 1.165) is 62.3 Å². The molecule has 1 N–H and O–H groups in total. The monoisotopic (exact) mass is 339 g/mol. The van der Waals surface area contributed by atoms with Crippen LogP contribution in [-0.4, -0.2) is 54.1 Å². The summed E-state index contributed by atoms with van der Waals surface area (Å²) in [5.74, 6) is 3.31. The van der Waals surface area contributed by atoms with Gasteiger partial charge in [-0.3, -0.25) is 0 Å². The normalized spacial score (nSPS) is 15.6. The van der Waals surface area contributed by atoms with Crippen LogP contribution < -0.4 is 10.2 Å². The standard InChI is InChI=1S/C20H29N5/c1-4-24-10-12-25(13-11-24)19-14-18(21-15-16(2)3)22-20(23-19)17-8-6-5-7-9-17/h5-9,14,16H,4,10-13,15H2,1-3H3,(H,21,22,23). The van der Waals surface area contributed by atoms with Crippen LogP contribution in [0.5, 0.6) is 0 Å². The quantitative estimate of drug-likeness (QED) is 0.874. The van der Waals surface area contributed by atoms with Crippen LogP contribution in [0, 0.1) is 5.92 Å². The molecule has 0 amide bonds. The molecular formula is C20H29N5. The summed E-state index contributed by atoms with van der Waals surface area (Å²) in [6.45, 7) is 12.9. The van der Waals surface area contributed by atoms with Gasteiger partial charge in [0.2, 0.25) is 0 Å². The van der Waals surface area contributed by atoms with Gasteiger partial charge in [-0.15, -0.1) is 0 Å². The van der Waals surface area contributed by atoms with Crippen molar-refractivity contribution in [3.8, 4) is 11.4 Å². The summed E-state index contributed by atoms with van der Waals surface area (Å²) in [7, 11) is 0. The molecule has 1 aliphatic heterocycles. The fourth-order valence-corrected chi connectivity index (χ4v) is 3.01. The number of benzene rings is 1. The second-order valence-electron chi connectivity index (χ2n) is 7.00. The molecule has 2 heterocycles. The minimum Gasteiger partial charge on any atom is -0.370 e. The summed E-state index contributed by atoms with van der Waals surface area (Å²) in [6.07, 6.45) is 0. The van der Waals surface area contributed by atoms with Crippen molar-refractivity contribution in [1.29, 1.82) is 0 Å². The predicted molar refractivity (Wildman–Crippen MR) is 105 cm³/mol. The number of hydrogen-bond acceptors (Lipinski definition) is 5. The molecule has 1 aliphatic rings. The molecule has 1 aromatic heterocycles. The van der Waals surface area contributed by atoms with Crippen LogP contribution in [0.15, 0.2) is 36.4 Å². The van der Waals surface area contributed by atoms with E-state index < -0.39 is 0 Å². The minimum atomic E-state index is 0.576. The van der Waals surface area contributed by atoms with Crippen molar-refractivity contribution >= 4 is 11.6 Å². The molecule has 5 heteroatoms. The molecule has 0 atom stereocenters. The third-order valence-corrected chi connectivity index (χ3v) is 4.58. The molecule has 0 spiro atoms. The highest BCUT2D eigenvalue weighted by Crippen LogP contribution is 2.23. The molecule has 0 unspecified atom stereocenters. The Morgan fingerprint density at radius 1 is 1.04 bits per heavy atom. The molecule has 0 saturated carbocycles. The summed E-state index contributed by atoms with van der Waals surface area (Å²) >= 11 is 0. The van der Waals surface area contributed by atoms with Gasteiger partial charge in [0, 0.05) is 44.4 Å². The smallest absolute Gasteiger partial charge is 0.163 e. The van der Waals surface area contributed by atoms with Crippen LogP contribution in [0.2, 0.25) is 0 Å². The highest BCUT2D eigenvalue weighted by atomic mass is 15.3. The largest absolute Gasteiger partial charge is 0.370 e. The molecule has 25 heavy (non-hydrogen) atoms. The van der Waals surface area contributed by atoms with Crippen molar-refractivity contribution in [2.24, 2.45) is 5.92 Å². The molecule has 0 aliphatic carbocycles. The van der Waals surface area contributed by atoms with E-state index in [9.17, 15) is 0 Å². The molecular weight excluding hydrogens is 310 g/mol. The summed E-state index contributed by atoms with van der Waals surface area (Å²) in [6, 6.07) is 12.3. The molecule has 1 saturated heterocycles. The average molecular weight is 339 g/mol. The number of hydrogen-bond donors (Lipinski definition) is 1. The molecule has 1 aromatic carbocycles. The number of nitrogens with one attached hydrogen (secondary N) is 1. The molecule has 1 fully saturated rings. The van der Waals surface area contributed by atoms with E-state index >= 15 is 0 Å². The maximum absolute atomic E-state index is 4.86. The number of anilines is 2. The zero-order valence-corrected chi connectivity index (χ0v) is 15.6. The van der Waals surface area contributed by atoms with E-state index in [1.807, 2.05) is 18.2 Å². The fraction of sp³-hybridized carbons (Fsp3) is 0.500. The third kappa shape index (κ3) is 4.69. The van der Waals surface area contributed by atoms with Gasteiger partial charge in [-0.1, -0.05) is 51.1 Å². The SMILES string of the molecule is CCN1CCN(c2cc(NCC(C)C)nc(-c3ccccc3)n2)CC1. The summed E-state index contributed by atoms with van der Waals surface area (Å²) in [5.41, 5.74) is 1.06. The lowest BCUT2D eigenvalue weighted by Crippen LogP contribution is -2.46. The molecule has 3 rings (SSSR count). The zero-order chi connectivity index (χ0) is 17.6. The Hall–Kier alpha value is -2.14. The van der Waals surface area contributed by atoms with E-state index in [0.29, 0.717) is 5.92 Å². The van der Waals surface area contributed by atoms with Crippen LogP contribution in [0.4, 0.5) is 11.6 Å². The van der Waals surface area contributed by atoms with Gasteiger partial charge in [0.15, 0.2) is 5.82 Å². The number of likely N-dealkylation sites (N-methyl/N-ethyl adjacent to an activating group) is 1. The zero-order valence-electron chi connectivity index (χ0n) is 15.6. The number of rotatable bonds is 6. The molecule has 5 nitrogen and oxygen atoms in total. The first-order valence-electron chi connectivity index (χ1n) is 9.31. The Bertz CT molecular complexity index is 663. The van der Waals surface area contributed by atoms with Gasteiger partial charge in [0.25, 0.3) is 0 Å². The fourth-order valence-electron chi connectivity index (χ4n) is 3.01. The summed E-state index contributed by atoms with van der Waals surface area (Å²) in [5, 5.41) is 3.47. The number of nitrogens with zero attached hydrogens (tertiary/aromatic N) is 4. The second kappa shape index (κ2) is 8.30. The number of aromatic nitrogens is 2. The van der Waals surface area contributed by atoms with E-state index in [4.69, 9.17) is 9.97 Å². The summed E-state index contributed by atoms with van der Waals surface area (Å²) < 4.78 is 0. The van der Waals surface area contributed by atoms with Crippen LogP contribution in [0.25, 0.3) is 11.4 Å². The van der Waals surface area contributed by atoms with Crippen molar-refractivity contribution in [2.75, 3.05) is 49.5 Å². The van der Waals surface area contributed by atoms with Gasteiger partial charge in [0.05, 0.1) is 0 Å². The molecule has 2 aromatic rings. The van der Waals surface area contributed by atoms with E-state index in [1.165, 1.54) is 0 Å². The Morgan fingerprint density at radius 2 is 1.76 bits per heavy atom. The van der Waals surface area contributed by atoms with Gasteiger partial charge in [0.1, 0.15) is 11.6 Å². The van der Waals surface area contributed by atoms with Gasteiger partial charge in [-0.05, 0) is 12.5 Å².